The van der Waals surface area contributed by atoms with E-state index >= 15 is 0 Å². The van der Waals surface area contributed by atoms with E-state index in [1.54, 1.807) is 0 Å². The highest BCUT2D eigenvalue weighted by Crippen LogP contribution is 2.44. The second-order valence-corrected chi connectivity index (χ2v) is 9.81. The molecule has 0 spiro atoms. The van der Waals surface area contributed by atoms with Gasteiger partial charge in [-0.05, 0) is 34.1 Å². The topological polar surface area (TPSA) is 105 Å². The van der Waals surface area contributed by atoms with Gasteiger partial charge in [0, 0.05) is 5.92 Å². The number of hydrogen-bond acceptors (Lipinski definition) is 4. The first-order valence-electron chi connectivity index (χ1n) is 11.8. The predicted octanol–water partition coefficient (Wildman–Crippen LogP) is 4.70. The van der Waals surface area contributed by atoms with Gasteiger partial charge in [0.2, 0.25) is 5.91 Å². The number of rotatable bonds is 9. The molecule has 7 heteroatoms. The van der Waals surface area contributed by atoms with Crippen LogP contribution in [-0.2, 0) is 14.3 Å². The van der Waals surface area contributed by atoms with Crippen LogP contribution in [0.15, 0.2) is 48.5 Å². The van der Waals surface area contributed by atoms with Gasteiger partial charge in [-0.1, -0.05) is 89.1 Å². The molecule has 2 aromatic rings. The molecule has 34 heavy (non-hydrogen) atoms. The lowest BCUT2D eigenvalue weighted by Gasteiger charge is -2.31. The van der Waals surface area contributed by atoms with Crippen molar-refractivity contribution in [2.75, 3.05) is 6.61 Å². The van der Waals surface area contributed by atoms with Gasteiger partial charge in [0.25, 0.3) is 0 Å². The zero-order chi connectivity index (χ0) is 24.9. The fourth-order valence-electron chi connectivity index (χ4n) is 4.35. The summed E-state index contributed by atoms with van der Waals surface area (Å²) in [7, 11) is 0. The first kappa shape index (κ1) is 25.3. The van der Waals surface area contributed by atoms with Crippen molar-refractivity contribution < 1.29 is 24.2 Å². The van der Waals surface area contributed by atoms with Crippen LogP contribution in [-0.4, -0.2) is 41.8 Å². The summed E-state index contributed by atoms with van der Waals surface area (Å²) in [5.41, 5.74) is 3.81. The lowest BCUT2D eigenvalue weighted by molar-refractivity contribution is -0.142. The molecule has 1 aliphatic rings. The summed E-state index contributed by atoms with van der Waals surface area (Å²) in [5.74, 6) is -1.72. The predicted molar refractivity (Wildman–Crippen MR) is 131 cm³/mol. The van der Waals surface area contributed by atoms with Crippen molar-refractivity contribution in [3.63, 3.8) is 0 Å². The van der Waals surface area contributed by atoms with E-state index in [0.717, 1.165) is 28.7 Å². The molecule has 0 heterocycles. The number of fused-ring (bicyclic) bond motifs is 3. The Morgan fingerprint density at radius 1 is 0.971 bits per heavy atom. The van der Waals surface area contributed by atoms with Crippen molar-refractivity contribution in [1.29, 1.82) is 0 Å². The van der Waals surface area contributed by atoms with Gasteiger partial charge in [-0.2, -0.15) is 0 Å². The molecule has 0 aromatic heterocycles. The number of hydrogen-bond donors (Lipinski definition) is 3. The molecule has 0 saturated heterocycles. The second kappa shape index (κ2) is 10.7. The van der Waals surface area contributed by atoms with Gasteiger partial charge in [0.05, 0.1) is 0 Å². The Kier molecular flexibility index (Phi) is 7.97. The summed E-state index contributed by atoms with van der Waals surface area (Å²) in [6, 6.07) is 14.2. The van der Waals surface area contributed by atoms with Gasteiger partial charge in [0.15, 0.2) is 0 Å². The van der Waals surface area contributed by atoms with Gasteiger partial charge in [0.1, 0.15) is 18.7 Å². The molecule has 3 N–H and O–H groups in total. The summed E-state index contributed by atoms with van der Waals surface area (Å²) in [6.45, 7) is 7.51. The van der Waals surface area contributed by atoms with Gasteiger partial charge in [-0.25, -0.2) is 9.59 Å². The van der Waals surface area contributed by atoms with Crippen LogP contribution in [0.25, 0.3) is 11.1 Å². The molecule has 0 fully saturated rings. The maximum atomic E-state index is 12.9. The monoisotopic (exact) mass is 466 g/mol. The lowest BCUT2D eigenvalue weighted by atomic mass is 9.86. The maximum Gasteiger partial charge on any atom is 0.407 e. The normalized spacial score (nSPS) is 14.5. The van der Waals surface area contributed by atoms with Crippen LogP contribution >= 0.6 is 0 Å². The summed E-state index contributed by atoms with van der Waals surface area (Å²) in [5, 5.41) is 14.7. The smallest absolute Gasteiger partial charge is 0.407 e. The summed E-state index contributed by atoms with van der Waals surface area (Å²) >= 11 is 0. The first-order chi connectivity index (χ1) is 16.1. The Morgan fingerprint density at radius 2 is 1.53 bits per heavy atom. The van der Waals surface area contributed by atoms with Gasteiger partial charge in [-0.15, -0.1) is 0 Å². The van der Waals surface area contributed by atoms with Gasteiger partial charge in [-0.3, -0.25) is 4.79 Å². The lowest BCUT2D eigenvalue weighted by Crippen LogP contribution is -2.56. The van der Waals surface area contributed by atoms with Crippen molar-refractivity contribution in [2.45, 2.75) is 65.0 Å². The van der Waals surface area contributed by atoms with E-state index in [4.69, 9.17) is 4.74 Å². The molecule has 3 rings (SSSR count). The molecule has 182 valence electrons. The van der Waals surface area contributed by atoms with Crippen LogP contribution < -0.4 is 10.6 Å². The van der Waals surface area contributed by atoms with Crippen molar-refractivity contribution in [2.24, 2.45) is 5.41 Å². The Bertz CT molecular complexity index is 998. The number of aliphatic carboxylic acids is 1. The van der Waals surface area contributed by atoms with Crippen LogP contribution in [0.5, 0.6) is 0 Å². The molecule has 7 nitrogen and oxygen atoms in total. The highest BCUT2D eigenvalue weighted by molar-refractivity contribution is 5.90. The average Bonchev–Trinajstić information content (AvgIpc) is 3.11. The van der Waals surface area contributed by atoms with Gasteiger partial charge < -0.3 is 20.5 Å². The SMILES string of the molecule is CCCCC(NC(=O)[C@H](NC(=O)OCC1c2ccccc2-c2ccccc21)C(C)(C)C)C(=O)O. The Balaban J connectivity index is 1.68. The summed E-state index contributed by atoms with van der Waals surface area (Å²) < 4.78 is 5.59. The van der Waals surface area contributed by atoms with E-state index in [2.05, 4.69) is 22.8 Å². The molecular weight excluding hydrogens is 432 g/mol. The third-order valence-electron chi connectivity index (χ3n) is 6.20. The number of carbonyl (C=O) groups is 3. The Hall–Kier alpha value is -3.35. The zero-order valence-corrected chi connectivity index (χ0v) is 20.3. The number of carboxylic acids is 1. The number of carbonyl (C=O) groups excluding carboxylic acids is 2. The highest BCUT2D eigenvalue weighted by atomic mass is 16.5. The van der Waals surface area contributed by atoms with Crippen molar-refractivity contribution in [3.8, 4) is 11.1 Å². The molecule has 0 radical (unpaired) electrons. The largest absolute Gasteiger partial charge is 0.480 e. The third kappa shape index (κ3) is 5.76. The average molecular weight is 467 g/mol. The molecule has 2 atom stereocenters. The number of amides is 2. The molecular formula is C27H34N2O5. The molecule has 0 aliphatic heterocycles. The molecule has 1 aliphatic carbocycles. The Labute approximate surface area is 200 Å². The number of unbranched alkanes of at least 4 members (excludes halogenated alkanes) is 1. The summed E-state index contributed by atoms with van der Waals surface area (Å²) in [6.07, 6.45) is 1.12. The highest BCUT2D eigenvalue weighted by Gasteiger charge is 2.36. The standard InChI is InChI=1S/C27H34N2O5/c1-5-6-15-22(25(31)32)28-24(30)23(27(2,3)4)29-26(33)34-16-21-19-13-9-7-11-17(19)18-12-8-10-14-20(18)21/h7-14,21-23H,5-6,15-16H2,1-4H3,(H,28,30)(H,29,33)(H,31,32)/t22?,23-/m0/s1. The zero-order valence-electron chi connectivity index (χ0n) is 20.3. The maximum absolute atomic E-state index is 12.9. The minimum Gasteiger partial charge on any atom is -0.480 e. The van der Waals surface area contributed by atoms with Crippen molar-refractivity contribution in [1.82, 2.24) is 10.6 Å². The van der Waals surface area contributed by atoms with E-state index in [9.17, 15) is 19.5 Å². The van der Waals surface area contributed by atoms with Crippen molar-refractivity contribution >= 4 is 18.0 Å². The van der Waals surface area contributed by atoms with Crippen molar-refractivity contribution in [3.05, 3.63) is 59.7 Å². The minimum absolute atomic E-state index is 0.0921. The number of carboxylic acid groups (broad SMARTS) is 1. The van der Waals surface area contributed by atoms with E-state index in [0.29, 0.717) is 12.8 Å². The quantitative estimate of drug-likeness (QED) is 0.497. The van der Waals surface area contributed by atoms with E-state index in [1.165, 1.54) is 0 Å². The van der Waals surface area contributed by atoms with Crippen LogP contribution in [0, 0.1) is 5.41 Å². The molecule has 0 bridgehead atoms. The number of alkyl carbamates (subject to hydrolysis) is 1. The van der Waals surface area contributed by atoms with E-state index < -0.39 is 35.5 Å². The fourth-order valence-corrected chi connectivity index (χ4v) is 4.35. The summed E-state index contributed by atoms with van der Waals surface area (Å²) in [4.78, 5) is 37.3. The van der Waals surface area contributed by atoms with Crippen LogP contribution in [0.4, 0.5) is 4.79 Å². The minimum atomic E-state index is -1.09. The molecule has 2 amide bonds. The van der Waals surface area contributed by atoms with Crippen LogP contribution in [0.1, 0.15) is 64.0 Å². The van der Waals surface area contributed by atoms with Crippen LogP contribution in [0.3, 0.4) is 0 Å². The van der Waals surface area contributed by atoms with E-state index in [1.807, 2.05) is 64.1 Å². The third-order valence-corrected chi connectivity index (χ3v) is 6.20. The molecule has 1 unspecified atom stereocenters. The number of ether oxygens (including phenoxy) is 1. The number of nitrogens with one attached hydrogen (secondary N) is 2. The second-order valence-electron chi connectivity index (χ2n) is 9.81. The number of benzene rings is 2. The Morgan fingerprint density at radius 3 is 2.03 bits per heavy atom. The van der Waals surface area contributed by atoms with E-state index in [-0.39, 0.29) is 12.5 Å². The fraction of sp³-hybridized carbons (Fsp3) is 0.444. The molecule has 2 aromatic carbocycles. The van der Waals surface area contributed by atoms with Crippen LogP contribution in [0.2, 0.25) is 0 Å². The molecule has 0 saturated carbocycles. The van der Waals surface area contributed by atoms with Gasteiger partial charge >= 0.3 is 12.1 Å². The first-order valence-corrected chi connectivity index (χ1v) is 11.8.